The second-order valence-corrected chi connectivity index (χ2v) is 5.81. The molecule has 0 aliphatic heterocycles. The van der Waals surface area contributed by atoms with Gasteiger partial charge in [0.1, 0.15) is 0 Å². The summed E-state index contributed by atoms with van der Waals surface area (Å²) in [5, 5.41) is 3.07. The van der Waals surface area contributed by atoms with E-state index >= 15 is 0 Å². The summed E-state index contributed by atoms with van der Waals surface area (Å²) < 4.78 is 0. The molecule has 1 aliphatic rings. The van der Waals surface area contributed by atoms with Crippen molar-refractivity contribution in [2.75, 3.05) is 6.54 Å². The second-order valence-electron chi connectivity index (χ2n) is 5.81. The Labute approximate surface area is 106 Å². The first kappa shape index (κ1) is 14.5. The monoisotopic (exact) mass is 240 g/mol. The number of rotatable bonds is 6. The molecule has 1 amide bonds. The number of nitrogens with two attached hydrogens (primary N) is 1. The van der Waals surface area contributed by atoms with Crippen molar-refractivity contribution >= 4 is 5.91 Å². The molecule has 0 saturated heterocycles. The molecule has 0 radical (unpaired) electrons. The second kappa shape index (κ2) is 7.70. The van der Waals surface area contributed by atoms with Gasteiger partial charge in [0.25, 0.3) is 0 Å². The van der Waals surface area contributed by atoms with Crippen LogP contribution in [0.15, 0.2) is 0 Å². The lowest BCUT2D eigenvalue weighted by Gasteiger charge is -2.26. The minimum absolute atomic E-state index is 0.198. The molecule has 1 saturated carbocycles. The minimum atomic E-state index is 0.198. The van der Waals surface area contributed by atoms with E-state index in [-0.39, 0.29) is 11.9 Å². The van der Waals surface area contributed by atoms with Crippen LogP contribution >= 0.6 is 0 Å². The zero-order valence-electron chi connectivity index (χ0n) is 11.4. The van der Waals surface area contributed by atoms with Crippen LogP contribution in [0.3, 0.4) is 0 Å². The third-order valence-corrected chi connectivity index (χ3v) is 3.70. The van der Waals surface area contributed by atoms with E-state index in [0.29, 0.717) is 12.3 Å². The number of carbonyl (C=O) groups is 1. The molecule has 17 heavy (non-hydrogen) atoms. The SMILES string of the molecule is CC(N)CCCC(=O)NCC1CCCC(C)C1. The van der Waals surface area contributed by atoms with Crippen molar-refractivity contribution in [2.45, 2.75) is 64.8 Å². The Morgan fingerprint density at radius 1 is 1.47 bits per heavy atom. The van der Waals surface area contributed by atoms with Gasteiger partial charge in [-0.25, -0.2) is 0 Å². The topological polar surface area (TPSA) is 55.1 Å². The third kappa shape index (κ3) is 6.67. The predicted octanol–water partition coefficient (Wildman–Crippen LogP) is 2.45. The molecular formula is C14H28N2O. The van der Waals surface area contributed by atoms with E-state index in [0.717, 1.165) is 25.3 Å². The third-order valence-electron chi connectivity index (χ3n) is 3.70. The molecule has 0 aromatic heterocycles. The largest absolute Gasteiger partial charge is 0.356 e. The lowest BCUT2D eigenvalue weighted by Crippen LogP contribution is -2.31. The van der Waals surface area contributed by atoms with E-state index in [9.17, 15) is 4.79 Å². The molecule has 3 atom stereocenters. The minimum Gasteiger partial charge on any atom is -0.356 e. The zero-order valence-corrected chi connectivity index (χ0v) is 11.4. The number of hydrogen-bond donors (Lipinski definition) is 2. The van der Waals surface area contributed by atoms with Crippen molar-refractivity contribution in [2.24, 2.45) is 17.6 Å². The van der Waals surface area contributed by atoms with Gasteiger partial charge in [0.2, 0.25) is 5.91 Å². The van der Waals surface area contributed by atoms with Gasteiger partial charge in [0, 0.05) is 19.0 Å². The molecule has 3 nitrogen and oxygen atoms in total. The van der Waals surface area contributed by atoms with E-state index in [4.69, 9.17) is 5.73 Å². The predicted molar refractivity (Wildman–Crippen MR) is 71.6 cm³/mol. The summed E-state index contributed by atoms with van der Waals surface area (Å²) in [6.45, 7) is 5.18. The van der Waals surface area contributed by atoms with E-state index in [1.807, 2.05) is 6.92 Å². The molecule has 0 bridgehead atoms. The summed E-state index contributed by atoms with van der Waals surface area (Å²) in [6.07, 6.45) is 7.72. The average Bonchev–Trinajstić information content (AvgIpc) is 2.26. The van der Waals surface area contributed by atoms with Crippen LogP contribution in [0, 0.1) is 11.8 Å². The summed E-state index contributed by atoms with van der Waals surface area (Å²) >= 11 is 0. The fourth-order valence-corrected chi connectivity index (χ4v) is 2.68. The maximum Gasteiger partial charge on any atom is 0.220 e. The van der Waals surface area contributed by atoms with Crippen molar-refractivity contribution in [1.82, 2.24) is 5.32 Å². The van der Waals surface area contributed by atoms with Crippen molar-refractivity contribution in [3.8, 4) is 0 Å². The fraction of sp³-hybridized carbons (Fsp3) is 0.929. The summed E-state index contributed by atoms with van der Waals surface area (Å²) in [6, 6.07) is 0.210. The Bertz CT molecular complexity index is 228. The first-order valence-corrected chi connectivity index (χ1v) is 7.10. The van der Waals surface area contributed by atoms with Crippen LogP contribution in [-0.4, -0.2) is 18.5 Å². The molecule has 1 aliphatic carbocycles. The van der Waals surface area contributed by atoms with Gasteiger partial charge in [0.15, 0.2) is 0 Å². The fourth-order valence-electron chi connectivity index (χ4n) is 2.68. The lowest BCUT2D eigenvalue weighted by molar-refractivity contribution is -0.121. The van der Waals surface area contributed by atoms with Crippen LogP contribution < -0.4 is 11.1 Å². The lowest BCUT2D eigenvalue weighted by atomic mass is 9.82. The summed E-state index contributed by atoms with van der Waals surface area (Å²) in [7, 11) is 0. The maximum absolute atomic E-state index is 11.6. The number of amides is 1. The van der Waals surface area contributed by atoms with Gasteiger partial charge in [0.05, 0.1) is 0 Å². The van der Waals surface area contributed by atoms with Crippen molar-refractivity contribution < 1.29 is 4.79 Å². The van der Waals surface area contributed by atoms with E-state index < -0.39 is 0 Å². The van der Waals surface area contributed by atoms with Crippen LogP contribution in [0.4, 0.5) is 0 Å². The number of hydrogen-bond acceptors (Lipinski definition) is 2. The smallest absolute Gasteiger partial charge is 0.220 e. The first-order chi connectivity index (χ1) is 8.08. The number of carbonyl (C=O) groups excluding carboxylic acids is 1. The summed E-state index contributed by atoms with van der Waals surface area (Å²) in [5.74, 6) is 1.74. The Balaban J connectivity index is 2.06. The zero-order chi connectivity index (χ0) is 12.7. The van der Waals surface area contributed by atoms with Crippen molar-refractivity contribution in [3.05, 3.63) is 0 Å². The van der Waals surface area contributed by atoms with Crippen LogP contribution in [0.2, 0.25) is 0 Å². The molecule has 0 spiro atoms. The molecular weight excluding hydrogens is 212 g/mol. The average molecular weight is 240 g/mol. The van der Waals surface area contributed by atoms with Crippen LogP contribution in [-0.2, 0) is 4.79 Å². The van der Waals surface area contributed by atoms with Crippen LogP contribution in [0.25, 0.3) is 0 Å². The van der Waals surface area contributed by atoms with Crippen molar-refractivity contribution in [1.29, 1.82) is 0 Å². The Morgan fingerprint density at radius 2 is 2.24 bits per heavy atom. The van der Waals surface area contributed by atoms with Crippen LogP contribution in [0.1, 0.15) is 58.8 Å². The first-order valence-electron chi connectivity index (χ1n) is 7.10. The maximum atomic E-state index is 11.6. The number of nitrogens with one attached hydrogen (secondary N) is 1. The normalized spacial score (nSPS) is 26.5. The van der Waals surface area contributed by atoms with Crippen LogP contribution in [0.5, 0.6) is 0 Å². The van der Waals surface area contributed by atoms with Crippen molar-refractivity contribution in [3.63, 3.8) is 0 Å². The highest BCUT2D eigenvalue weighted by atomic mass is 16.1. The molecule has 0 aromatic carbocycles. The molecule has 3 heteroatoms. The van der Waals surface area contributed by atoms with Gasteiger partial charge < -0.3 is 11.1 Å². The highest BCUT2D eigenvalue weighted by Gasteiger charge is 2.19. The highest BCUT2D eigenvalue weighted by Crippen LogP contribution is 2.27. The quantitative estimate of drug-likeness (QED) is 0.749. The van der Waals surface area contributed by atoms with Gasteiger partial charge in [-0.15, -0.1) is 0 Å². The molecule has 100 valence electrons. The molecule has 0 aromatic rings. The van der Waals surface area contributed by atoms with Gasteiger partial charge in [-0.2, -0.15) is 0 Å². The summed E-state index contributed by atoms with van der Waals surface area (Å²) in [4.78, 5) is 11.6. The van der Waals surface area contributed by atoms with E-state index in [1.165, 1.54) is 25.7 Å². The Morgan fingerprint density at radius 3 is 2.88 bits per heavy atom. The van der Waals surface area contributed by atoms with Gasteiger partial charge >= 0.3 is 0 Å². The molecule has 1 fully saturated rings. The molecule has 3 N–H and O–H groups in total. The van der Waals surface area contributed by atoms with E-state index in [2.05, 4.69) is 12.2 Å². The Hall–Kier alpha value is -0.570. The highest BCUT2D eigenvalue weighted by molar-refractivity contribution is 5.75. The molecule has 1 rings (SSSR count). The van der Waals surface area contributed by atoms with Gasteiger partial charge in [-0.05, 0) is 44.4 Å². The molecule has 0 heterocycles. The Kier molecular flexibility index (Phi) is 6.56. The molecule has 3 unspecified atom stereocenters. The standard InChI is InChI=1S/C14H28N2O/c1-11-5-3-7-13(9-11)10-16-14(17)8-4-6-12(2)15/h11-13H,3-10,15H2,1-2H3,(H,16,17). The van der Waals surface area contributed by atoms with Gasteiger partial charge in [-0.3, -0.25) is 4.79 Å². The van der Waals surface area contributed by atoms with Gasteiger partial charge in [-0.1, -0.05) is 19.8 Å². The summed E-state index contributed by atoms with van der Waals surface area (Å²) in [5.41, 5.74) is 5.65. The van der Waals surface area contributed by atoms with E-state index in [1.54, 1.807) is 0 Å².